The van der Waals surface area contributed by atoms with E-state index in [1.165, 1.54) is 12.8 Å². The number of carbonyl (C=O) groups is 3. The Kier molecular flexibility index (Phi) is 18.0. The quantitative estimate of drug-likeness (QED) is 0.263. The molecular formula is C31H59N5O4. The number of ether oxygens (including phenoxy) is 1. The van der Waals surface area contributed by atoms with E-state index >= 15 is 0 Å². The molecule has 9 heteroatoms. The summed E-state index contributed by atoms with van der Waals surface area (Å²) in [5.74, 6) is -0.357. The molecule has 0 bridgehead atoms. The van der Waals surface area contributed by atoms with Gasteiger partial charge in [0.05, 0.1) is 19.3 Å². The number of hydrogen-bond donors (Lipinski definition) is 2. The summed E-state index contributed by atoms with van der Waals surface area (Å²) in [6.45, 7) is 20.5. The second-order valence-electron chi connectivity index (χ2n) is 11.7. The third-order valence-electron chi connectivity index (χ3n) is 7.69. The molecule has 0 spiro atoms. The lowest BCUT2D eigenvalue weighted by molar-refractivity contribution is -0.138. The van der Waals surface area contributed by atoms with Crippen LogP contribution in [0.3, 0.4) is 0 Å². The summed E-state index contributed by atoms with van der Waals surface area (Å²) in [5.41, 5.74) is 0.584. The predicted molar refractivity (Wildman–Crippen MR) is 163 cm³/mol. The van der Waals surface area contributed by atoms with E-state index in [0.29, 0.717) is 18.7 Å². The molecular weight excluding hydrogens is 506 g/mol. The molecule has 0 radical (unpaired) electrons. The lowest BCUT2D eigenvalue weighted by Crippen LogP contribution is -2.57. The summed E-state index contributed by atoms with van der Waals surface area (Å²) in [6.07, 6.45) is 8.26. The number of hydrogen-bond acceptors (Lipinski definition) is 6. The number of rotatable bonds is 13. The van der Waals surface area contributed by atoms with E-state index < -0.39 is 6.04 Å². The first kappa shape index (κ1) is 36.1. The minimum atomic E-state index is -0.596. The van der Waals surface area contributed by atoms with Gasteiger partial charge in [0.25, 0.3) is 0 Å². The summed E-state index contributed by atoms with van der Waals surface area (Å²) < 4.78 is 5.36. The molecule has 2 aliphatic heterocycles. The molecule has 0 aliphatic carbocycles. The number of unbranched alkanes of at least 4 members (excludes halogenated alkanes) is 1. The van der Waals surface area contributed by atoms with Gasteiger partial charge in [-0.05, 0) is 59.0 Å². The highest BCUT2D eigenvalue weighted by Gasteiger charge is 2.34. The molecule has 0 aromatic carbocycles. The lowest BCUT2D eigenvalue weighted by atomic mass is 9.97. The van der Waals surface area contributed by atoms with E-state index in [1.54, 1.807) is 24.9 Å². The molecule has 2 fully saturated rings. The van der Waals surface area contributed by atoms with Crippen LogP contribution < -0.4 is 10.6 Å². The smallest absolute Gasteiger partial charge is 0.246 e. The minimum Gasteiger partial charge on any atom is -0.379 e. The number of likely N-dealkylation sites (N-methyl/N-ethyl adjacent to an activating group) is 1. The Morgan fingerprint density at radius 1 is 1.02 bits per heavy atom. The molecule has 2 heterocycles. The Bertz CT molecular complexity index is 778. The maximum Gasteiger partial charge on any atom is 0.246 e. The van der Waals surface area contributed by atoms with Crippen molar-refractivity contribution < 1.29 is 19.1 Å². The molecule has 2 unspecified atom stereocenters. The van der Waals surface area contributed by atoms with Gasteiger partial charge in [0.2, 0.25) is 17.7 Å². The first-order valence-corrected chi connectivity index (χ1v) is 15.6. The Balaban J connectivity index is 0.00000187. The molecule has 0 aromatic rings. The monoisotopic (exact) mass is 565 g/mol. The third-order valence-corrected chi connectivity index (χ3v) is 7.69. The number of piperidine rings is 1. The van der Waals surface area contributed by atoms with Crippen molar-refractivity contribution in [1.82, 2.24) is 25.3 Å². The molecule has 2 N–H and O–H groups in total. The Hall–Kier alpha value is -1.97. The van der Waals surface area contributed by atoms with Crippen molar-refractivity contribution in [1.29, 1.82) is 0 Å². The van der Waals surface area contributed by atoms with Crippen LogP contribution in [0.25, 0.3) is 0 Å². The largest absolute Gasteiger partial charge is 0.379 e. The van der Waals surface area contributed by atoms with Crippen LogP contribution in [0.1, 0.15) is 87.0 Å². The van der Waals surface area contributed by atoms with Crippen molar-refractivity contribution in [3.63, 3.8) is 0 Å². The van der Waals surface area contributed by atoms with Gasteiger partial charge in [0, 0.05) is 44.8 Å². The van der Waals surface area contributed by atoms with Crippen molar-refractivity contribution >= 4 is 17.7 Å². The fraction of sp³-hybridized carbons (Fsp3) is 0.839. The van der Waals surface area contributed by atoms with Crippen molar-refractivity contribution in [3.8, 4) is 0 Å². The highest BCUT2D eigenvalue weighted by Crippen LogP contribution is 2.20. The van der Waals surface area contributed by atoms with Gasteiger partial charge in [-0.3, -0.25) is 24.2 Å². The summed E-state index contributed by atoms with van der Waals surface area (Å²) in [7, 11) is 1.72. The molecule has 3 amide bonds. The standard InChI is InChI=1S/C27H49N5O4.C4H10/c1-20(2)24(29-26(34)23-10-7-8-14-32(23)21(3)4)27(35)30(6)15-11-22(5)25(33)28-12-9-13-31-16-18-36-19-17-31;1-3-4-2/h11,20-21,23-24H,7-10,12-19H2,1-6H3,(H,28,33)(H,29,34);3-4H2,1-2H3/b22-11+;. The normalized spacial score (nSPS) is 19.6. The van der Waals surface area contributed by atoms with Gasteiger partial charge in [-0.15, -0.1) is 0 Å². The second kappa shape index (κ2) is 20.0. The number of amides is 3. The zero-order chi connectivity index (χ0) is 30.1. The van der Waals surface area contributed by atoms with Crippen molar-refractivity contribution in [2.75, 3.05) is 59.5 Å². The summed E-state index contributed by atoms with van der Waals surface area (Å²) in [6, 6.07) is -0.496. The van der Waals surface area contributed by atoms with Crippen LogP contribution in [0.15, 0.2) is 11.6 Å². The average Bonchev–Trinajstić information content (AvgIpc) is 2.96. The first-order chi connectivity index (χ1) is 19.0. The van der Waals surface area contributed by atoms with Crippen LogP contribution in [-0.2, 0) is 19.1 Å². The van der Waals surface area contributed by atoms with Gasteiger partial charge in [0.15, 0.2) is 0 Å². The fourth-order valence-corrected chi connectivity index (χ4v) is 4.78. The van der Waals surface area contributed by atoms with Crippen LogP contribution >= 0.6 is 0 Å². The number of nitrogens with zero attached hydrogens (tertiary/aromatic N) is 3. The lowest BCUT2D eigenvalue weighted by Gasteiger charge is -2.38. The highest BCUT2D eigenvalue weighted by atomic mass is 16.5. The topological polar surface area (TPSA) is 94.2 Å². The number of likely N-dealkylation sites (tertiary alicyclic amines) is 1. The predicted octanol–water partition coefficient (Wildman–Crippen LogP) is 3.44. The average molecular weight is 566 g/mol. The summed E-state index contributed by atoms with van der Waals surface area (Å²) in [5, 5.41) is 6.00. The van der Waals surface area contributed by atoms with Gasteiger partial charge < -0.3 is 20.3 Å². The van der Waals surface area contributed by atoms with Gasteiger partial charge in [-0.1, -0.05) is 53.0 Å². The van der Waals surface area contributed by atoms with Gasteiger partial charge in [-0.25, -0.2) is 0 Å². The maximum atomic E-state index is 13.2. The van der Waals surface area contributed by atoms with Crippen LogP contribution in [0.5, 0.6) is 0 Å². The van der Waals surface area contributed by atoms with E-state index in [-0.39, 0.29) is 35.7 Å². The number of carbonyl (C=O) groups excluding carboxylic acids is 3. The molecule has 232 valence electrons. The van der Waals surface area contributed by atoms with E-state index in [4.69, 9.17) is 4.74 Å². The van der Waals surface area contributed by atoms with Crippen LogP contribution in [0, 0.1) is 5.92 Å². The summed E-state index contributed by atoms with van der Waals surface area (Å²) in [4.78, 5) is 45.0. The Labute approximate surface area is 244 Å². The molecule has 2 rings (SSSR count). The van der Waals surface area contributed by atoms with Crippen LogP contribution in [-0.4, -0.2) is 110 Å². The Morgan fingerprint density at radius 3 is 2.25 bits per heavy atom. The molecule has 2 aliphatic rings. The molecule has 0 aromatic heterocycles. The zero-order valence-corrected chi connectivity index (χ0v) is 26.8. The third kappa shape index (κ3) is 13.1. The fourth-order valence-electron chi connectivity index (χ4n) is 4.78. The molecule has 2 atom stereocenters. The van der Waals surface area contributed by atoms with E-state index in [0.717, 1.165) is 65.1 Å². The summed E-state index contributed by atoms with van der Waals surface area (Å²) >= 11 is 0. The highest BCUT2D eigenvalue weighted by molar-refractivity contribution is 5.93. The SMILES string of the molecule is C/C(=C\CN(C)C(=O)C(NC(=O)C1CCCCN1C(C)C)C(C)C)C(=O)NCCCN1CCOCC1.CCCC. The minimum absolute atomic E-state index is 0.0418. The molecule has 0 saturated carbocycles. The van der Waals surface area contributed by atoms with Gasteiger partial charge >= 0.3 is 0 Å². The van der Waals surface area contributed by atoms with Crippen LogP contribution in [0.2, 0.25) is 0 Å². The zero-order valence-electron chi connectivity index (χ0n) is 26.8. The van der Waals surface area contributed by atoms with E-state index in [9.17, 15) is 14.4 Å². The maximum absolute atomic E-state index is 13.2. The second-order valence-corrected chi connectivity index (χ2v) is 11.7. The Morgan fingerprint density at radius 2 is 1.68 bits per heavy atom. The van der Waals surface area contributed by atoms with E-state index in [2.05, 4.69) is 48.1 Å². The number of morpholine rings is 1. The van der Waals surface area contributed by atoms with Gasteiger partial charge in [-0.2, -0.15) is 0 Å². The van der Waals surface area contributed by atoms with Crippen molar-refractivity contribution in [2.24, 2.45) is 5.92 Å². The van der Waals surface area contributed by atoms with Crippen molar-refractivity contribution in [2.45, 2.75) is 105 Å². The van der Waals surface area contributed by atoms with Crippen molar-refractivity contribution in [3.05, 3.63) is 11.6 Å². The van der Waals surface area contributed by atoms with Crippen LogP contribution in [0.4, 0.5) is 0 Å². The number of nitrogens with one attached hydrogen (secondary N) is 2. The van der Waals surface area contributed by atoms with E-state index in [1.807, 2.05) is 13.8 Å². The van der Waals surface area contributed by atoms with Gasteiger partial charge in [0.1, 0.15) is 6.04 Å². The molecule has 40 heavy (non-hydrogen) atoms. The molecule has 2 saturated heterocycles. The first-order valence-electron chi connectivity index (χ1n) is 15.6. The molecule has 9 nitrogen and oxygen atoms in total.